The molecule has 0 unspecified atom stereocenters. The van der Waals surface area contributed by atoms with Gasteiger partial charge in [0.1, 0.15) is 0 Å². The summed E-state index contributed by atoms with van der Waals surface area (Å²) in [6.45, 7) is 1.61. The molecule has 0 saturated carbocycles. The molecule has 0 atom stereocenters. The van der Waals surface area contributed by atoms with E-state index >= 15 is 0 Å². The zero-order chi connectivity index (χ0) is 20.6. The van der Waals surface area contributed by atoms with E-state index in [1.807, 2.05) is 0 Å². The molecule has 0 fully saturated rings. The number of fused-ring (bicyclic) bond motifs is 1. The third-order valence-corrected chi connectivity index (χ3v) is 4.19. The van der Waals surface area contributed by atoms with E-state index in [1.165, 1.54) is 41.0 Å². The van der Waals surface area contributed by atoms with Crippen molar-refractivity contribution in [3.8, 4) is 11.3 Å². The van der Waals surface area contributed by atoms with E-state index in [1.54, 1.807) is 19.1 Å². The Kier molecular flexibility index (Phi) is 4.45. The van der Waals surface area contributed by atoms with Crippen LogP contribution < -0.4 is 5.32 Å². The lowest BCUT2D eigenvalue weighted by atomic mass is 10.0. The predicted octanol–water partition coefficient (Wildman–Crippen LogP) is 3.77. The molecule has 4 rings (SSSR count). The first-order valence-electron chi connectivity index (χ1n) is 8.46. The Morgan fingerprint density at radius 2 is 1.86 bits per heavy atom. The summed E-state index contributed by atoms with van der Waals surface area (Å²) >= 11 is 0. The van der Waals surface area contributed by atoms with Gasteiger partial charge in [-0.1, -0.05) is 18.2 Å². The summed E-state index contributed by atoms with van der Waals surface area (Å²) < 4.78 is 41.4. The third kappa shape index (κ3) is 3.51. The number of anilines is 1. The molecule has 0 saturated heterocycles. The van der Waals surface area contributed by atoms with Gasteiger partial charge in [-0.05, 0) is 37.3 Å². The van der Waals surface area contributed by atoms with Gasteiger partial charge < -0.3 is 5.32 Å². The molecule has 146 valence electrons. The Labute approximate surface area is 162 Å². The molecular formula is C19H13F3N6O. The molecule has 4 aromatic rings. The number of imidazole rings is 1. The number of hydrogen-bond donors (Lipinski definition) is 1. The Morgan fingerprint density at radius 1 is 1.07 bits per heavy atom. The third-order valence-electron chi connectivity index (χ3n) is 4.19. The number of amides is 1. The van der Waals surface area contributed by atoms with Crippen molar-refractivity contribution in [1.29, 1.82) is 0 Å². The maximum absolute atomic E-state index is 13.4. The Balaban J connectivity index is 1.81. The van der Waals surface area contributed by atoms with Gasteiger partial charge in [0, 0.05) is 11.8 Å². The van der Waals surface area contributed by atoms with Crippen molar-refractivity contribution in [2.75, 3.05) is 5.32 Å². The maximum atomic E-state index is 13.4. The average Bonchev–Trinajstić information content (AvgIpc) is 3.03. The van der Waals surface area contributed by atoms with Crippen LogP contribution in [-0.4, -0.2) is 30.7 Å². The number of nitrogens with zero attached hydrogens (tertiary/aromatic N) is 5. The van der Waals surface area contributed by atoms with Crippen molar-refractivity contribution in [3.05, 3.63) is 71.7 Å². The average molecular weight is 398 g/mol. The molecular weight excluding hydrogens is 385 g/mol. The molecule has 10 heteroatoms. The van der Waals surface area contributed by atoms with Crippen LogP contribution in [0.2, 0.25) is 0 Å². The van der Waals surface area contributed by atoms with E-state index < -0.39 is 17.6 Å². The summed E-state index contributed by atoms with van der Waals surface area (Å²) in [5, 5.41) is 14.3. The molecule has 0 bridgehead atoms. The van der Waals surface area contributed by atoms with Crippen LogP contribution >= 0.6 is 0 Å². The van der Waals surface area contributed by atoms with E-state index in [9.17, 15) is 18.0 Å². The lowest BCUT2D eigenvalue weighted by Gasteiger charge is -2.12. The van der Waals surface area contributed by atoms with Gasteiger partial charge >= 0.3 is 6.18 Å². The summed E-state index contributed by atoms with van der Waals surface area (Å²) in [6.07, 6.45) is -3.08. The molecule has 0 aliphatic carbocycles. The molecule has 29 heavy (non-hydrogen) atoms. The SMILES string of the molecule is Cc1nc2ccc(-c3ccccc3C(F)(F)F)nn2c1C(=O)Nc1cccnn1. The fraction of sp³-hybridized carbons (Fsp3) is 0.105. The van der Waals surface area contributed by atoms with Crippen molar-refractivity contribution in [1.82, 2.24) is 24.8 Å². The van der Waals surface area contributed by atoms with Crippen LogP contribution in [0, 0.1) is 6.92 Å². The van der Waals surface area contributed by atoms with Gasteiger partial charge in [-0.3, -0.25) is 4.79 Å². The second-order valence-corrected chi connectivity index (χ2v) is 6.14. The second kappa shape index (κ2) is 6.97. The molecule has 3 aromatic heterocycles. The van der Waals surface area contributed by atoms with Crippen molar-refractivity contribution in [3.63, 3.8) is 0 Å². The molecule has 3 heterocycles. The Hall–Kier alpha value is -3.82. The number of alkyl halides is 3. The molecule has 0 aliphatic rings. The highest BCUT2D eigenvalue weighted by atomic mass is 19.4. The van der Waals surface area contributed by atoms with Gasteiger partial charge in [0.25, 0.3) is 5.91 Å². The number of hydrogen-bond acceptors (Lipinski definition) is 5. The first-order chi connectivity index (χ1) is 13.8. The predicted molar refractivity (Wildman–Crippen MR) is 98.1 cm³/mol. The monoisotopic (exact) mass is 398 g/mol. The van der Waals surface area contributed by atoms with Crippen molar-refractivity contribution < 1.29 is 18.0 Å². The number of halogens is 3. The number of nitrogens with one attached hydrogen (secondary N) is 1. The summed E-state index contributed by atoms with van der Waals surface area (Å²) in [4.78, 5) is 17.0. The fourth-order valence-corrected chi connectivity index (χ4v) is 2.95. The number of rotatable bonds is 3. The minimum absolute atomic E-state index is 0.0661. The molecule has 7 nitrogen and oxygen atoms in total. The quantitative estimate of drug-likeness (QED) is 0.568. The molecule has 1 N–H and O–H groups in total. The van der Waals surface area contributed by atoms with Crippen molar-refractivity contribution in [2.24, 2.45) is 0 Å². The molecule has 1 amide bonds. The van der Waals surface area contributed by atoms with Crippen LogP contribution in [0.25, 0.3) is 16.9 Å². The molecule has 0 spiro atoms. The lowest BCUT2D eigenvalue weighted by Crippen LogP contribution is -2.17. The lowest BCUT2D eigenvalue weighted by molar-refractivity contribution is -0.137. The highest BCUT2D eigenvalue weighted by molar-refractivity contribution is 6.03. The smallest absolute Gasteiger partial charge is 0.304 e. The largest absolute Gasteiger partial charge is 0.417 e. The van der Waals surface area contributed by atoms with E-state index in [-0.39, 0.29) is 22.8 Å². The van der Waals surface area contributed by atoms with Crippen LogP contribution in [-0.2, 0) is 6.18 Å². The van der Waals surface area contributed by atoms with Crippen LogP contribution in [0.15, 0.2) is 54.7 Å². The number of aryl methyl sites for hydroxylation is 1. The molecule has 0 radical (unpaired) electrons. The van der Waals surface area contributed by atoms with Gasteiger partial charge in [0.2, 0.25) is 0 Å². The van der Waals surface area contributed by atoms with Crippen LogP contribution in [0.5, 0.6) is 0 Å². The number of aromatic nitrogens is 5. The normalized spacial score (nSPS) is 11.6. The molecule has 1 aromatic carbocycles. The Bertz CT molecular complexity index is 1200. The van der Waals surface area contributed by atoms with E-state index in [4.69, 9.17) is 0 Å². The van der Waals surface area contributed by atoms with Gasteiger partial charge in [0.05, 0.1) is 17.0 Å². The van der Waals surface area contributed by atoms with Gasteiger partial charge in [-0.15, -0.1) is 5.10 Å². The summed E-state index contributed by atoms with van der Waals surface area (Å²) in [5.74, 6) is -0.324. The van der Waals surface area contributed by atoms with Gasteiger partial charge in [0.15, 0.2) is 17.2 Å². The summed E-state index contributed by atoms with van der Waals surface area (Å²) in [7, 11) is 0. The van der Waals surface area contributed by atoms with Crippen LogP contribution in [0.4, 0.5) is 19.0 Å². The second-order valence-electron chi connectivity index (χ2n) is 6.14. The summed E-state index contributed by atoms with van der Waals surface area (Å²) in [6, 6.07) is 11.3. The highest BCUT2D eigenvalue weighted by Gasteiger charge is 2.33. The number of carbonyl (C=O) groups is 1. The van der Waals surface area contributed by atoms with E-state index in [0.29, 0.717) is 11.3 Å². The topological polar surface area (TPSA) is 85.1 Å². The molecule has 0 aliphatic heterocycles. The van der Waals surface area contributed by atoms with E-state index in [0.717, 1.165) is 6.07 Å². The maximum Gasteiger partial charge on any atom is 0.417 e. The zero-order valence-electron chi connectivity index (χ0n) is 15.0. The van der Waals surface area contributed by atoms with Crippen molar-refractivity contribution in [2.45, 2.75) is 13.1 Å². The van der Waals surface area contributed by atoms with Gasteiger partial charge in [-0.25, -0.2) is 9.50 Å². The standard InChI is InChI=1S/C19H13F3N6O/c1-11-17(18(29)25-15-7-4-10-23-26-15)28-16(24-11)9-8-14(27-28)12-5-2-3-6-13(12)19(20,21)22/h2-10H,1H3,(H,25,26,29). The Morgan fingerprint density at radius 3 is 2.59 bits per heavy atom. The first kappa shape index (κ1) is 18.5. The zero-order valence-corrected chi connectivity index (χ0v) is 15.0. The van der Waals surface area contributed by atoms with Crippen LogP contribution in [0.1, 0.15) is 21.7 Å². The van der Waals surface area contributed by atoms with Gasteiger partial charge in [-0.2, -0.15) is 23.4 Å². The minimum atomic E-state index is -4.54. The summed E-state index contributed by atoms with van der Waals surface area (Å²) in [5.41, 5.74) is -0.0312. The van der Waals surface area contributed by atoms with Crippen molar-refractivity contribution >= 4 is 17.4 Å². The van der Waals surface area contributed by atoms with Crippen LogP contribution in [0.3, 0.4) is 0 Å². The minimum Gasteiger partial charge on any atom is -0.304 e. The fourth-order valence-electron chi connectivity index (χ4n) is 2.95. The first-order valence-corrected chi connectivity index (χ1v) is 8.46. The number of benzene rings is 1. The highest BCUT2D eigenvalue weighted by Crippen LogP contribution is 2.36. The van der Waals surface area contributed by atoms with E-state index in [2.05, 4.69) is 25.6 Å². The number of carbonyl (C=O) groups excluding carboxylic acids is 1.